The first kappa shape index (κ1) is 27.6. The number of alkyl halides is 1. The monoisotopic (exact) mass is 545 g/mol. The number of halogens is 2. The van der Waals surface area contributed by atoms with Gasteiger partial charge in [0.1, 0.15) is 30.1 Å². The standard InChI is InChI=1S/C33H33F2NO4/c1-39-24-10-12-30(34)28(16-24)26-11-9-25(17-29(26)32(35)33(20-36)13-2-3-14-33)40-19-21-5-4-6-23(15-21)27(18-31(37)38)22-7-8-22/h4-6,9-12,15-17,22,27,32H,2-3,7-8,13-14,18-19H2,1H3,(H,37,38). The second-order valence-electron chi connectivity index (χ2n) is 11.0. The van der Waals surface area contributed by atoms with Crippen LogP contribution in [0.15, 0.2) is 60.7 Å². The number of methoxy groups -OCH3 is 1. The Balaban J connectivity index is 1.45. The predicted octanol–water partition coefficient (Wildman–Crippen LogP) is 8.14. The van der Waals surface area contributed by atoms with E-state index in [0.717, 1.165) is 36.8 Å². The number of carboxylic acid groups (broad SMARTS) is 1. The summed E-state index contributed by atoms with van der Waals surface area (Å²) in [6.45, 7) is 0.199. The summed E-state index contributed by atoms with van der Waals surface area (Å²) in [5.74, 6) is -0.0989. The van der Waals surface area contributed by atoms with Crippen LogP contribution in [0.3, 0.4) is 0 Å². The molecule has 7 heteroatoms. The van der Waals surface area contributed by atoms with Crippen molar-refractivity contribution in [3.05, 3.63) is 83.2 Å². The summed E-state index contributed by atoms with van der Waals surface area (Å²) < 4.78 is 42.7. The summed E-state index contributed by atoms with van der Waals surface area (Å²) in [5.41, 5.74) is 1.47. The number of ether oxygens (including phenoxy) is 2. The van der Waals surface area contributed by atoms with Crippen molar-refractivity contribution in [2.24, 2.45) is 11.3 Å². The third-order valence-corrected chi connectivity index (χ3v) is 8.33. The number of hydrogen-bond acceptors (Lipinski definition) is 4. The largest absolute Gasteiger partial charge is 0.497 e. The number of rotatable bonds is 11. The SMILES string of the molecule is COc1ccc(F)c(-c2ccc(OCc3cccc(C(CC(=O)O)C4CC4)c3)cc2C(F)C2(C#N)CCCC2)c1. The molecule has 0 bridgehead atoms. The van der Waals surface area contributed by atoms with Gasteiger partial charge in [-0.2, -0.15) is 5.26 Å². The molecule has 2 aliphatic carbocycles. The van der Waals surface area contributed by atoms with E-state index in [0.29, 0.717) is 35.8 Å². The molecule has 3 aromatic carbocycles. The Bertz CT molecular complexity index is 1420. The fourth-order valence-electron chi connectivity index (χ4n) is 5.97. The number of nitrogens with zero attached hydrogens (tertiary/aromatic N) is 1. The molecule has 5 rings (SSSR count). The second kappa shape index (κ2) is 11.7. The van der Waals surface area contributed by atoms with E-state index in [1.165, 1.54) is 25.3 Å². The van der Waals surface area contributed by atoms with Crippen LogP contribution in [0, 0.1) is 28.5 Å². The van der Waals surface area contributed by atoms with Crippen LogP contribution in [0.25, 0.3) is 11.1 Å². The first-order valence-electron chi connectivity index (χ1n) is 13.8. The number of benzene rings is 3. The maximum atomic E-state index is 16.3. The van der Waals surface area contributed by atoms with E-state index in [9.17, 15) is 19.6 Å². The molecule has 5 nitrogen and oxygen atoms in total. The zero-order chi connectivity index (χ0) is 28.3. The molecule has 2 unspecified atom stereocenters. The summed E-state index contributed by atoms with van der Waals surface area (Å²) in [5, 5.41) is 19.4. The van der Waals surface area contributed by atoms with Gasteiger partial charge >= 0.3 is 5.97 Å². The zero-order valence-electron chi connectivity index (χ0n) is 22.5. The van der Waals surface area contributed by atoms with E-state index >= 15 is 4.39 Å². The van der Waals surface area contributed by atoms with Crippen LogP contribution in [0.2, 0.25) is 0 Å². The number of aliphatic carboxylic acids is 1. The lowest BCUT2D eigenvalue weighted by molar-refractivity contribution is -0.137. The first-order valence-corrected chi connectivity index (χ1v) is 13.8. The minimum atomic E-state index is -1.62. The molecule has 2 saturated carbocycles. The molecular formula is C33H33F2NO4. The maximum Gasteiger partial charge on any atom is 0.303 e. The lowest BCUT2D eigenvalue weighted by Gasteiger charge is -2.27. The molecule has 2 fully saturated rings. The Morgan fingerprint density at radius 2 is 1.82 bits per heavy atom. The highest BCUT2D eigenvalue weighted by atomic mass is 19.1. The molecule has 0 saturated heterocycles. The van der Waals surface area contributed by atoms with Gasteiger partial charge in [0.2, 0.25) is 0 Å². The molecule has 2 aliphatic rings. The molecule has 208 valence electrons. The zero-order valence-corrected chi connectivity index (χ0v) is 22.5. The van der Waals surface area contributed by atoms with Crippen LogP contribution in [-0.2, 0) is 11.4 Å². The molecule has 0 aromatic heterocycles. The molecule has 0 aliphatic heterocycles. The van der Waals surface area contributed by atoms with Crippen molar-refractivity contribution in [2.45, 2.75) is 63.6 Å². The molecule has 2 atom stereocenters. The van der Waals surface area contributed by atoms with Crippen LogP contribution < -0.4 is 9.47 Å². The van der Waals surface area contributed by atoms with Gasteiger partial charge in [0.25, 0.3) is 0 Å². The van der Waals surface area contributed by atoms with Gasteiger partial charge in [-0.3, -0.25) is 4.79 Å². The lowest BCUT2D eigenvalue weighted by Crippen LogP contribution is -2.21. The minimum absolute atomic E-state index is 0.0259. The third kappa shape index (κ3) is 5.82. The summed E-state index contributed by atoms with van der Waals surface area (Å²) in [4.78, 5) is 11.4. The Hall–Kier alpha value is -3.92. The van der Waals surface area contributed by atoms with E-state index in [2.05, 4.69) is 6.07 Å². The minimum Gasteiger partial charge on any atom is -0.497 e. The number of carbonyl (C=O) groups is 1. The van der Waals surface area contributed by atoms with Crippen LogP contribution >= 0.6 is 0 Å². The smallest absolute Gasteiger partial charge is 0.303 e. The molecule has 1 N–H and O–H groups in total. The molecule has 3 aromatic rings. The van der Waals surface area contributed by atoms with Gasteiger partial charge in [0.05, 0.1) is 25.0 Å². The summed E-state index contributed by atoms with van der Waals surface area (Å²) in [6, 6.07) is 19.2. The van der Waals surface area contributed by atoms with E-state index in [4.69, 9.17) is 9.47 Å². The lowest BCUT2D eigenvalue weighted by atomic mass is 9.77. The second-order valence-corrected chi connectivity index (χ2v) is 11.0. The van der Waals surface area contributed by atoms with Crippen LogP contribution in [0.4, 0.5) is 8.78 Å². The maximum absolute atomic E-state index is 16.3. The van der Waals surface area contributed by atoms with Crippen LogP contribution in [0.1, 0.15) is 73.7 Å². The van der Waals surface area contributed by atoms with E-state index in [1.807, 2.05) is 24.3 Å². The third-order valence-electron chi connectivity index (χ3n) is 8.33. The fourth-order valence-corrected chi connectivity index (χ4v) is 5.97. The molecule has 0 radical (unpaired) electrons. The van der Waals surface area contributed by atoms with Crippen molar-refractivity contribution in [3.8, 4) is 28.7 Å². The average molecular weight is 546 g/mol. The normalized spacial score (nSPS) is 17.6. The highest BCUT2D eigenvalue weighted by Crippen LogP contribution is 2.52. The van der Waals surface area contributed by atoms with Crippen LogP contribution in [-0.4, -0.2) is 18.2 Å². The average Bonchev–Trinajstić information content (AvgIpc) is 3.70. The van der Waals surface area contributed by atoms with Gasteiger partial charge in [-0.1, -0.05) is 43.2 Å². The first-order chi connectivity index (χ1) is 19.3. The summed E-state index contributed by atoms with van der Waals surface area (Å²) >= 11 is 0. The Morgan fingerprint density at radius 3 is 2.50 bits per heavy atom. The van der Waals surface area contributed by atoms with Crippen molar-refractivity contribution < 1.29 is 28.2 Å². The Morgan fingerprint density at radius 1 is 1.07 bits per heavy atom. The van der Waals surface area contributed by atoms with E-state index in [1.54, 1.807) is 18.2 Å². The molecule has 0 heterocycles. The van der Waals surface area contributed by atoms with Crippen molar-refractivity contribution in [1.29, 1.82) is 5.26 Å². The highest BCUT2D eigenvalue weighted by Gasteiger charge is 2.44. The van der Waals surface area contributed by atoms with Gasteiger partial charge in [-0.05, 0) is 90.1 Å². The van der Waals surface area contributed by atoms with Crippen molar-refractivity contribution in [3.63, 3.8) is 0 Å². The summed E-state index contributed by atoms with van der Waals surface area (Å²) in [6.07, 6.45) is 2.98. The molecule has 40 heavy (non-hydrogen) atoms. The van der Waals surface area contributed by atoms with Gasteiger partial charge < -0.3 is 14.6 Å². The van der Waals surface area contributed by atoms with Crippen LogP contribution in [0.5, 0.6) is 11.5 Å². The van der Waals surface area contributed by atoms with Crippen molar-refractivity contribution in [2.75, 3.05) is 7.11 Å². The number of carboxylic acids is 1. The Labute approximate surface area is 233 Å². The van der Waals surface area contributed by atoms with Gasteiger partial charge in [-0.15, -0.1) is 0 Å². The predicted molar refractivity (Wildman–Crippen MR) is 147 cm³/mol. The number of hydrogen-bond donors (Lipinski definition) is 1. The van der Waals surface area contributed by atoms with E-state index < -0.39 is 23.4 Å². The van der Waals surface area contributed by atoms with Gasteiger partial charge in [0.15, 0.2) is 0 Å². The quantitative estimate of drug-likeness (QED) is 0.263. The van der Waals surface area contributed by atoms with Gasteiger partial charge in [-0.25, -0.2) is 8.78 Å². The molecule has 0 spiro atoms. The summed E-state index contributed by atoms with van der Waals surface area (Å²) in [7, 11) is 1.49. The Kier molecular flexibility index (Phi) is 8.07. The van der Waals surface area contributed by atoms with E-state index in [-0.39, 0.29) is 30.1 Å². The van der Waals surface area contributed by atoms with Gasteiger partial charge in [0, 0.05) is 5.56 Å². The molecular weight excluding hydrogens is 512 g/mol. The highest BCUT2D eigenvalue weighted by molar-refractivity contribution is 5.71. The number of nitriles is 1. The molecule has 0 amide bonds. The van der Waals surface area contributed by atoms with Crippen molar-refractivity contribution in [1.82, 2.24) is 0 Å². The van der Waals surface area contributed by atoms with Crippen molar-refractivity contribution >= 4 is 5.97 Å². The topological polar surface area (TPSA) is 79.6 Å². The fraction of sp³-hybridized carbons (Fsp3) is 0.394.